The van der Waals surface area contributed by atoms with Crippen molar-refractivity contribution in [3.63, 3.8) is 0 Å². The molecule has 0 aromatic heterocycles. The van der Waals surface area contributed by atoms with Crippen molar-refractivity contribution >= 4 is 0 Å². The van der Waals surface area contributed by atoms with Crippen LogP contribution in [0.1, 0.15) is 50.8 Å². The summed E-state index contributed by atoms with van der Waals surface area (Å²) in [4.78, 5) is 0. The molecule has 78 valence electrons. The second-order valence-electron chi connectivity index (χ2n) is 4.47. The van der Waals surface area contributed by atoms with Crippen LogP contribution >= 0.6 is 0 Å². The Morgan fingerprint density at radius 2 is 1.43 bits per heavy atom. The van der Waals surface area contributed by atoms with Crippen LogP contribution in [0.15, 0.2) is 24.3 Å². The minimum atomic E-state index is -0.339. The van der Waals surface area contributed by atoms with E-state index in [9.17, 15) is 5.11 Å². The van der Waals surface area contributed by atoms with Gasteiger partial charge >= 0.3 is 0 Å². The van der Waals surface area contributed by atoms with Gasteiger partial charge in [0.05, 0.1) is 6.10 Å². The van der Waals surface area contributed by atoms with E-state index < -0.39 is 0 Å². The maximum Gasteiger partial charge on any atom is 0.0815 e. The average molecular weight is 192 g/mol. The van der Waals surface area contributed by atoms with Crippen LogP contribution in [0, 0.1) is 5.92 Å². The smallest absolute Gasteiger partial charge is 0.0815 e. The van der Waals surface area contributed by atoms with Crippen molar-refractivity contribution in [1.29, 1.82) is 0 Å². The number of aliphatic hydroxyl groups excluding tert-OH is 1. The van der Waals surface area contributed by atoms with E-state index in [1.165, 1.54) is 5.56 Å². The van der Waals surface area contributed by atoms with Crippen LogP contribution < -0.4 is 0 Å². The summed E-state index contributed by atoms with van der Waals surface area (Å²) in [6.45, 7) is 8.40. The zero-order valence-electron chi connectivity index (χ0n) is 9.49. The molecule has 1 atom stereocenters. The van der Waals surface area contributed by atoms with Crippen LogP contribution in [0.4, 0.5) is 0 Å². The molecule has 1 aromatic rings. The van der Waals surface area contributed by atoms with E-state index in [1.54, 1.807) is 0 Å². The SMILES string of the molecule is CC(C)c1ccccc1C(O)C(C)C. The largest absolute Gasteiger partial charge is 0.388 e. The fourth-order valence-electron chi connectivity index (χ4n) is 1.67. The zero-order chi connectivity index (χ0) is 10.7. The van der Waals surface area contributed by atoms with Crippen molar-refractivity contribution in [2.75, 3.05) is 0 Å². The summed E-state index contributed by atoms with van der Waals surface area (Å²) in [5.74, 6) is 0.745. The van der Waals surface area contributed by atoms with Gasteiger partial charge in [0.1, 0.15) is 0 Å². The Bertz CT molecular complexity index is 289. The maximum atomic E-state index is 10.0. The number of aliphatic hydroxyl groups is 1. The van der Waals surface area contributed by atoms with E-state index in [-0.39, 0.29) is 12.0 Å². The van der Waals surface area contributed by atoms with Crippen molar-refractivity contribution < 1.29 is 5.11 Å². The molecule has 0 radical (unpaired) electrons. The molecule has 1 N–H and O–H groups in total. The molecule has 0 aliphatic carbocycles. The molecule has 0 aliphatic heterocycles. The molecule has 0 bridgehead atoms. The number of hydrogen-bond acceptors (Lipinski definition) is 1. The summed E-state index contributed by atoms with van der Waals surface area (Å²) in [5, 5.41) is 10.0. The third kappa shape index (κ3) is 2.36. The predicted octanol–water partition coefficient (Wildman–Crippen LogP) is 3.50. The van der Waals surface area contributed by atoms with E-state index in [4.69, 9.17) is 0 Å². The number of hydrogen-bond donors (Lipinski definition) is 1. The molecule has 1 unspecified atom stereocenters. The van der Waals surface area contributed by atoms with Gasteiger partial charge in [-0.15, -0.1) is 0 Å². The van der Waals surface area contributed by atoms with Gasteiger partial charge < -0.3 is 5.11 Å². The summed E-state index contributed by atoms with van der Waals surface area (Å²) in [5.41, 5.74) is 2.34. The predicted molar refractivity (Wildman–Crippen MR) is 60.3 cm³/mol. The number of rotatable bonds is 3. The highest BCUT2D eigenvalue weighted by molar-refractivity contribution is 5.31. The topological polar surface area (TPSA) is 20.2 Å². The highest BCUT2D eigenvalue weighted by Crippen LogP contribution is 2.28. The fourth-order valence-corrected chi connectivity index (χ4v) is 1.67. The van der Waals surface area contributed by atoms with E-state index in [2.05, 4.69) is 19.9 Å². The second-order valence-corrected chi connectivity index (χ2v) is 4.47. The van der Waals surface area contributed by atoms with Gasteiger partial charge in [-0.3, -0.25) is 0 Å². The lowest BCUT2D eigenvalue weighted by atomic mass is 9.90. The van der Waals surface area contributed by atoms with E-state index in [1.807, 2.05) is 32.0 Å². The summed E-state index contributed by atoms with van der Waals surface area (Å²) in [6, 6.07) is 8.16. The number of benzene rings is 1. The standard InChI is InChI=1S/C13H20O/c1-9(2)11-7-5-6-8-12(11)13(14)10(3)4/h5-10,13-14H,1-4H3. The van der Waals surface area contributed by atoms with Crippen LogP contribution in [-0.2, 0) is 0 Å². The molecule has 0 aliphatic rings. The second kappa shape index (κ2) is 4.61. The van der Waals surface area contributed by atoms with Crippen molar-refractivity contribution in [2.24, 2.45) is 5.92 Å². The first-order valence-corrected chi connectivity index (χ1v) is 5.31. The fraction of sp³-hybridized carbons (Fsp3) is 0.538. The molecule has 0 saturated carbocycles. The van der Waals surface area contributed by atoms with Crippen LogP contribution in [-0.4, -0.2) is 5.11 Å². The Balaban J connectivity index is 3.06. The molecule has 0 fully saturated rings. The molecule has 14 heavy (non-hydrogen) atoms. The molecule has 1 aromatic carbocycles. The molecule has 1 rings (SSSR count). The molecule has 0 saturated heterocycles. The third-order valence-corrected chi connectivity index (χ3v) is 2.57. The van der Waals surface area contributed by atoms with Gasteiger partial charge in [-0.25, -0.2) is 0 Å². The van der Waals surface area contributed by atoms with Crippen molar-refractivity contribution in [1.82, 2.24) is 0 Å². The van der Waals surface area contributed by atoms with Gasteiger partial charge in [-0.1, -0.05) is 52.0 Å². The first kappa shape index (κ1) is 11.3. The third-order valence-electron chi connectivity index (χ3n) is 2.57. The van der Waals surface area contributed by atoms with Gasteiger partial charge in [0.25, 0.3) is 0 Å². The Kier molecular flexibility index (Phi) is 3.70. The van der Waals surface area contributed by atoms with Crippen molar-refractivity contribution in [2.45, 2.75) is 39.7 Å². The highest BCUT2D eigenvalue weighted by Gasteiger charge is 2.16. The van der Waals surface area contributed by atoms with E-state index in [0.717, 1.165) is 5.56 Å². The molecular weight excluding hydrogens is 172 g/mol. The summed E-state index contributed by atoms with van der Waals surface area (Å²) in [6.07, 6.45) is -0.339. The Morgan fingerprint density at radius 1 is 0.929 bits per heavy atom. The monoisotopic (exact) mass is 192 g/mol. The molecular formula is C13H20O. The molecule has 0 spiro atoms. The maximum absolute atomic E-state index is 10.0. The van der Waals surface area contributed by atoms with Gasteiger partial charge in [-0.05, 0) is 23.0 Å². The summed E-state index contributed by atoms with van der Waals surface area (Å²) >= 11 is 0. The first-order valence-electron chi connectivity index (χ1n) is 5.31. The van der Waals surface area contributed by atoms with Crippen LogP contribution in [0.3, 0.4) is 0 Å². The van der Waals surface area contributed by atoms with Crippen molar-refractivity contribution in [3.8, 4) is 0 Å². The van der Waals surface area contributed by atoms with Gasteiger partial charge in [0, 0.05) is 0 Å². The Hall–Kier alpha value is -0.820. The van der Waals surface area contributed by atoms with E-state index >= 15 is 0 Å². The quantitative estimate of drug-likeness (QED) is 0.777. The molecule has 0 heterocycles. The highest BCUT2D eigenvalue weighted by atomic mass is 16.3. The summed E-state index contributed by atoms with van der Waals surface area (Å²) in [7, 11) is 0. The van der Waals surface area contributed by atoms with Crippen LogP contribution in [0.5, 0.6) is 0 Å². The van der Waals surface area contributed by atoms with Crippen molar-refractivity contribution in [3.05, 3.63) is 35.4 Å². The normalized spacial score (nSPS) is 13.6. The minimum Gasteiger partial charge on any atom is -0.388 e. The summed E-state index contributed by atoms with van der Waals surface area (Å²) < 4.78 is 0. The van der Waals surface area contributed by atoms with Gasteiger partial charge in [-0.2, -0.15) is 0 Å². The molecule has 0 amide bonds. The Morgan fingerprint density at radius 3 is 1.86 bits per heavy atom. The van der Waals surface area contributed by atoms with E-state index in [0.29, 0.717) is 5.92 Å². The van der Waals surface area contributed by atoms with Gasteiger partial charge in [0.2, 0.25) is 0 Å². The lowest BCUT2D eigenvalue weighted by Gasteiger charge is -2.20. The molecule has 1 nitrogen and oxygen atoms in total. The minimum absolute atomic E-state index is 0.273. The first-order chi connectivity index (χ1) is 6.54. The average Bonchev–Trinajstić information content (AvgIpc) is 2.16. The zero-order valence-corrected chi connectivity index (χ0v) is 9.49. The molecule has 1 heteroatoms. The van der Waals surface area contributed by atoms with Crippen LogP contribution in [0.25, 0.3) is 0 Å². The lowest BCUT2D eigenvalue weighted by Crippen LogP contribution is -2.09. The lowest BCUT2D eigenvalue weighted by molar-refractivity contribution is 0.125. The van der Waals surface area contributed by atoms with Crippen LogP contribution in [0.2, 0.25) is 0 Å². The van der Waals surface area contributed by atoms with Gasteiger partial charge in [0.15, 0.2) is 0 Å². The Labute approximate surface area is 86.8 Å².